The topological polar surface area (TPSA) is 14.2 Å². The van der Waals surface area contributed by atoms with Gasteiger partial charge in [-0.2, -0.15) is 13.2 Å². The minimum absolute atomic E-state index is 0.0811. The fraction of sp³-hybridized carbons (Fsp3) is 0.222. The third kappa shape index (κ3) is 2.91. The Morgan fingerprint density at radius 1 is 1.04 bits per heavy atom. The Morgan fingerprint density at radius 2 is 1.78 bits per heavy atom. The molecule has 2 nitrogen and oxygen atoms in total. The zero-order chi connectivity index (χ0) is 16.6. The summed E-state index contributed by atoms with van der Waals surface area (Å²) in [5.74, 6) is -0.151. The minimum atomic E-state index is -4.42. The zero-order valence-corrected chi connectivity index (χ0v) is 12.8. The molecule has 0 radical (unpaired) electrons. The van der Waals surface area contributed by atoms with Gasteiger partial charge in [-0.05, 0) is 36.8 Å². The summed E-state index contributed by atoms with van der Waals surface area (Å²) in [6, 6.07) is 13.2. The van der Waals surface area contributed by atoms with E-state index in [9.17, 15) is 13.2 Å². The Labute approximate surface area is 132 Å². The SMILES string of the molecule is Cc1cccc2c1cc(COc1ccccc1C(F)(F)F)n2C. The molecule has 1 heterocycles. The summed E-state index contributed by atoms with van der Waals surface area (Å²) in [5.41, 5.74) is 2.23. The van der Waals surface area contributed by atoms with Gasteiger partial charge in [0.2, 0.25) is 0 Å². The molecular weight excluding hydrogens is 303 g/mol. The van der Waals surface area contributed by atoms with Crippen molar-refractivity contribution in [1.82, 2.24) is 4.57 Å². The lowest BCUT2D eigenvalue weighted by molar-refractivity contribution is -0.139. The summed E-state index contributed by atoms with van der Waals surface area (Å²) in [6.45, 7) is 2.09. The maximum atomic E-state index is 13.0. The minimum Gasteiger partial charge on any atom is -0.487 e. The number of rotatable bonds is 3. The van der Waals surface area contributed by atoms with Gasteiger partial charge < -0.3 is 9.30 Å². The quantitative estimate of drug-likeness (QED) is 0.656. The smallest absolute Gasteiger partial charge is 0.419 e. The molecule has 0 bridgehead atoms. The second kappa shape index (κ2) is 5.65. The van der Waals surface area contributed by atoms with Gasteiger partial charge in [0.15, 0.2) is 0 Å². The van der Waals surface area contributed by atoms with Crippen molar-refractivity contribution < 1.29 is 17.9 Å². The molecule has 3 aromatic rings. The van der Waals surface area contributed by atoms with E-state index in [0.29, 0.717) is 0 Å². The van der Waals surface area contributed by atoms with Crippen LogP contribution in [0.15, 0.2) is 48.5 Å². The van der Waals surface area contributed by atoms with Gasteiger partial charge in [0.25, 0.3) is 0 Å². The molecule has 0 N–H and O–H groups in total. The van der Waals surface area contributed by atoms with Crippen molar-refractivity contribution in [1.29, 1.82) is 0 Å². The number of halogens is 3. The highest BCUT2D eigenvalue weighted by molar-refractivity contribution is 5.84. The van der Waals surface area contributed by atoms with E-state index in [0.717, 1.165) is 28.2 Å². The zero-order valence-electron chi connectivity index (χ0n) is 12.8. The number of alkyl halides is 3. The highest BCUT2D eigenvalue weighted by atomic mass is 19.4. The third-order valence-corrected chi connectivity index (χ3v) is 3.97. The third-order valence-electron chi connectivity index (χ3n) is 3.97. The predicted octanol–water partition coefficient (Wildman–Crippen LogP) is 5.08. The van der Waals surface area contributed by atoms with Crippen LogP contribution in [0, 0.1) is 6.92 Å². The van der Waals surface area contributed by atoms with Gasteiger partial charge in [-0.1, -0.05) is 24.3 Å². The van der Waals surface area contributed by atoms with Gasteiger partial charge in [0, 0.05) is 18.0 Å². The number of nitrogens with zero attached hydrogens (tertiary/aromatic N) is 1. The molecule has 3 rings (SSSR count). The van der Waals surface area contributed by atoms with Gasteiger partial charge in [0.05, 0.1) is 11.3 Å². The lowest BCUT2D eigenvalue weighted by Crippen LogP contribution is -2.09. The average molecular weight is 319 g/mol. The normalized spacial score (nSPS) is 11.9. The van der Waals surface area contributed by atoms with Crippen molar-refractivity contribution >= 4 is 10.9 Å². The van der Waals surface area contributed by atoms with E-state index >= 15 is 0 Å². The summed E-state index contributed by atoms with van der Waals surface area (Å²) in [6.07, 6.45) is -4.42. The first-order valence-electron chi connectivity index (χ1n) is 7.21. The largest absolute Gasteiger partial charge is 0.487 e. The van der Waals surface area contributed by atoms with E-state index in [1.54, 1.807) is 0 Å². The molecule has 0 spiro atoms. The second-order valence-electron chi connectivity index (χ2n) is 5.48. The van der Waals surface area contributed by atoms with Crippen molar-refractivity contribution in [2.75, 3.05) is 0 Å². The van der Waals surface area contributed by atoms with Crippen molar-refractivity contribution in [3.8, 4) is 5.75 Å². The van der Waals surface area contributed by atoms with Crippen LogP contribution in [0.2, 0.25) is 0 Å². The Bertz CT molecular complexity index is 849. The Morgan fingerprint density at radius 3 is 2.48 bits per heavy atom. The van der Waals surface area contributed by atoms with E-state index < -0.39 is 11.7 Å². The summed E-state index contributed by atoms with van der Waals surface area (Å²) < 4.78 is 46.4. The molecule has 0 amide bonds. The number of aryl methyl sites for hydroxylation is 2. The predicted molar refractivity (Wildman–Crippen MR) is 83.4 cm³/mol. The van der Waals surface area contributed by atoms with Gasteiger partial charge in [-0.25, -0.2) is 0 Å². The van der Waals surface area contributed by atoms with E-state index in [-0.39, 0.29) is 12.4 Å². The van der Waals surface area contributed by atoms with E-state index in [1.807, 2.05) is 42.8 Å². The van der Waals surface area contributed by atoms with Crippen LogP contribution in [0.1, 0.15) is 16.8 Å². The maximum Gasteiger partial charge on any atom is 0.419 e. The Hall–Kier alpha value is -2.43. The highest BCUT2D eigenvalue weighted by Crippen LogP contribution is 2.36. The van der Waals surface area contributed by atoms with Crippen LogP contribution in [-0.4, -0.2) is 4.57 Å². The molecule has 0 saturated carbocycles. The number of fused-ring (bicyclic) bond motifs is 1. The summed E-state index contributed by atoms with van der Waals surface area (Å²) in [5, 5.41) is 1.08. The molecule has 5 heteroatoms. The van der Waals surface area contributed by atoms with Gasteiger partial charge in [-0.15, -0.1) is 0 Å². The number of ether oxygens (including phenoxy) is 1. The highest BCUT2D eigenvalue weighted by Gasteiger charge is 2.34. The molecular formula is C18H16F3NO. The molecule has 0 fully saturated rings. The van der Waals surface area contributed by atoms with Gasteiger partial charge in [-0.3, -0.25) is 0 Å². The first kappa shape index (κ1) is 15.5. The summed E-state index contributed by atoms with van der Waals surface area (Å²) in [4.78, 5) is 0. The Balaban J connectivity index is 1.91. The molecule has 1 aromatic heterocycles. The maximum absolute atomic E-state index is 13.0. The molecule has 120 valence electrons. The number of hydrogen-bond donors (Lipinski definition) is 0. The molecule has 0 unspecified atom stereocenters. The van der Waals surface area contributed by atoms with E-state index in [2.05, 4.69) is 0 Å². The molecule has 0 atom stereocenters. The molecule has 0 aliphatic heterocycles. The van der Waals surface area contributed by atoms with Crippen LogP contribution in [0.4, 0.5) is 13.2 Å². The lowest BCUT2D eigenvalue weighted by atomic mass is 10.1. The lowest BCUT2D eigenvalue weighted by Gasteiger charge is -2.14. The number of benzene rings is 2. The van der Waals surface area contributed by atoms with Crippen LogP contribution in [-0.2, 0) is 19.8 Å². The van der Waals surface area contributed by atoms with Crippen LogP contribution in [0.3, 0.4) is 0 Å². The van der Waals surface area contributed by atoms with Gasteiger partial charge >= 0.3 is 6.18 Å². The van der Waals surface area contributed by atoms with E-state index in [1.165, 1.54) is 18.2 Å². The first-order valence-corrected chi connectivity index (χ1v) is 7.21. The number of hydrogen-bond acceptors (Lipinski definition) is 1. The summed E-state index contributed by atoms with van der Waals surface area (Å²) in [7, 11) is 1.89. The molecule has 23 heavy (non-hydrogen) atoms. The Kier molecular flexibility index (Phi) is 3.80. The van der Waals surface area contributed by atoms with Crippen LogP contribution >= 0.6 is 0 Å². The second-order valence-corrected chi connectivity index (χ2v) is 5.48. The first-order chi connectivity index (χ1) is 10.9. The molecule has 2 aromatic carbocycles. The molecule has 0 aliphatic carbocycles. The number of para-hydroxylation sites is 1. The fourth-order valence-electron chi connectivity index (χ4n) is 2.68. The monoisotopic (exact) mass is 319 g/mol. The number of aromatic nitrogens is 1. The van der Waals surface area contributed by atoms with E-state index in [4.69, 9.17) is 4.74 Å². The van der Waals surface area contributed by atoms with Crippen molar-refractivity contribution in [2.24, 2.45) is 7.05 Å². The van der Waals surface area contributed by atoms with Crippen LogP contribution in [0.25, 0.3) is 10.9 Å². The van der Waals surface area contributed by atoms with Crippen molar-refractivity contribution in [2.45, 2.75) is 19.7 Å². The van der Waals surface area contributed by atoms with Gasteiger partial charge in [0.1, 0.15) is 12.4 Å². The average Bonchev–Trinajstić information content (AvgIpc) is 2.83. The van der Waals surface area contributed by atoms with Crippen LogP contribution < -0.4 is 4.74 Å². The molecule has 0 saturated heterocycles. The van der Waals surface area contributed by atoms with Crippen LogP contribution in [0.5, 0.6) is 5.75 Å². The summed E-state index contributed by atoms with van der Waals surface area (Å²) >= 11 is 0. The van der Waals surface area contributed by atoms with Crippen molar-refractivity contribution in [3.63, 3.8) is 0 Å². The van der Waals surface area contributed by atoms with Crippen molar-refractivity contribution in [3.05, 3.63) is 65.4 Å². The standard InChI is InChI=1S/C18H16F3NO/c1-12-6-5-8-16-14(12)10-13(22(16)2)11-23-17-9-4-3-7-15(17)18(19,20)21/h3-10H,11H2,1-2H3. The fourth-order valence-corrected chi connectivity index (χ4v) is 2.68. The molecule has 0 aliphatic rings.